The Balaban J connectivity index is 2.42. The van der Waals surface area contributed by atoms with Gasteiger partial charge in [0, 0.05) is 25.2 Å². The topological polar surface area (TPSA) is 55.6 Å². The third-order valence-electron chi connectivity index (χ3n) is 2.22. The first kappa shape index (κ1) is 12.3. The molecule has 5 nitrogen and oxygen atoms in total. The minimum atomic E-state index is 0.802. The van der Waals surface area contributed by atoms with Crippen molar-refractivity contribution in [2.75, 3.05) is 11.9 Å². The third kappa shape index (κ3) is 2.93. The number of nitrogens with zero attached hydrogens (tertiary/aromatic N) is 4. The van der Waals surface area contributed by atoms with E-state index in [0.29, 0.717) is 0 Å². The van der Waals surface area contributed by atoms with Crippen molar-refractivity contribution in [3.63, 3.8) is 0 Å². The summed E-state index contributed by atoms with van der Waals surface area (Å²) < 4.78 is 2.85. The highest BCUT2D eigenvalue weighted by molar-refractivity contribution is 14.1. The number of aryl methyl sites for hydroxylation is 1. The molecule has 1 N–H and O–H groups in total. The second-order valence-electron chi connectivity index (χ2n) is 3.51. The van der Waals surface area contributed by atoms with Crippen molar-refractivity contribution in [3.8, 4) is 5.82 Å². The summed E-state index contributed by atoms with van der Waals surface area (Å²) in [4.78, 5) is 8.87. The lowest BCUT2D eigenvalue weighted by molar-refractivity contribution is 0.813. The quantitative estimate of drug-likeness (QED) is 0.866. The summed E-state index contributed by atoms with van der Waals surface area (Å²) in [5.74, 6) is 2.47. The van der Waals surface area contributed by atoms with Gasteiger partial charge >= 0.3 is 0 Å². The Hall–Kier alpha value is -1.18. The Bertz CT molecular complexity index is 508. The van der Waals surface area contributed by atoms with Crippen LogP contribution in [0, 0.1) is 3.57 Å². The fourth-order valence-electron chi connectivity index (χ4n) is 1.46. The van der Waals surface area contributed by atoms with E-state index in [0.717, 1.165) is 34.0 Å². The Labute approximate surface area is 114 Å². The summed E-state index contributed by atoms with van der Waals surface area (Å²) in [6.07, 6.45) is 4.56. The van der Waals surface area contributed by atoms with Gasteiger partial charge in [-0.15, -0.1) is 0 Å². The molecular formula is C11H14IN5. The molecule has 2 aromatic heterocycles. The highest BCUT2D eigenvalue weighted by Gasteiger charge is 2.05. The Morgan fingerprint density at radius 1 is 1.35 bits per heavy atom. The molecule has 0 fully saturated rings. The van der Waals surface area contributed by atoms with Gasteiger partial charge in [0.15, 0.2) is 5.82 Å². The van der Waals surface area contributed by atoms with Crippen LogP contribution in [-0.2, 0) is 6.42 Å². The van der Waals surface area contributed by atoms with Crippen LogP contribution in [0.3, 0.4) is 0 Å². The van der Waals surface area contributed by atoms with Crippen molar-refractivity contribution >= 4 is 28.4 Å². The number of halogens is 1. The normalized spacial score (nSPS) is 10.5. The molecule has 90 valence electrons. The second kappa shape index (κ2) is 5.44. The van der Waals surface area contributed by atoms with Crippen LogP contribution in [0.2, 0.25) is 0 Å². The molecule has 0 atom stereocenters. The molecule has 2 aromatic rings. The SMILES string of the molecule is CCNc1cc(-n2cc(I)cn2)nc(CC)n1. The van der Waals surface area contributed by atoms with Crippen molar-refractivity contribution in [1.29, 1.82) is 0 Å². The van der Waals surface area contributed by atoms with Gasteiger partial charge in [-0.3, -0.25) is 0 Å². The molecule has 0 aromatic carbocycles. The maximum Gasteiger partial charge on any atom is 0.159 e. The standard InChI is InChI=1S/C11H14IN5/c1-3-9-15-10(13-4-2)5-11(16-9)17-7-8(12)6-14-17/h5-7H,3-4H2,1-2H3,(H,13,15,16). The molecular weight excluding hydrogens is 329 g/mol. The lowest BCUT2D eigenvalue weighted by Gasteiger charge is -2.07. The average Bonchev–Trinajstić information content (AvgIpc) is 2.76. The fraction of sp³-hybridized carbons (Fsp3) is 0.364. The summed E-state index contributed by atoms with van der Waals surface area (Å²) in [5.41, 5.74) is 0. The molecule has 0 unspecified atom stereocenters. The maximum absolute atomic E-state index is 4.46. The zero-order valence-electron chi connectivity index (χ0n) is 9.81. The van der Waals surface area contributed by atoms with Crippen LogP contribution < -0.4 is 5.32 Å². The van der Waals surface area contributed by atoms with E-state index < -0.39 is 0 Å². The van der Waals surface area contributed by atoms with E-state index in [2.05, 4.69) is 43.0 Å². The first-order valence-corrected chi connectivity index (χ1v) is 6.63. The van der Waals surface area contributed by atoms with Crippen molar-refractivity contribution in [3.05, 3.63) is 27.9 Å². The highest BCUT2D eigenvalue weighted by Crippen LogP contribution is 2.12. The Kier molecular flexibility index (Phi) is 3.93. The van der Waals surface area contributed by atoms with E-state index in [1.54, 1.807) is 10.9 Å². The summed E-state index contributed by atoms with van der Waals surface area (Å²) >= 11 is 2.23. The van der Waals surface area contributed by atoms with E-state index >= 15 is 0 Å². The zero-order valence-corrected chi connectivity index (χ0v) is 12.0. The average molecular weight is 343 g/mol. The van der Waals surface area contributed by atoms with Crippen molar-refractivity contribution in [2.45, 2.75) is 20.3 Å². The van der Waals surface area contributed by atoms with Gasteiger partial charge in [0.05, 0.1) is 9.77 Å². The van der Waals surface area contributed by atoms with E-state index in [-0.39, 0.29) is 0 Å². The fourth-order valence-corrected chi connectivity index (χ4v) is 1.84. The minimum absolute atomic E-state index is 0.802. The van der Waals surface area contributed by atoms with E-state index in [1.165, 1.54) is 0 Å². The van der Waals surface area contributed by atoms with E-state index in [9.17, 15) is 0 Å². The molecule has 17 heavy (non-hydrogen) atoms. The van der Waals surface area contributed by atoms with Crippen LogP contribution in [0.1, 0.15) is 19.7 Å². The van der Waals surface area contributed by atoms with Gasteiger partial charge in [-0.1, -0.05) is 6.92 Å². The summed E-state index contributed by atoms with van der Waals surface area (Å²) in [6, 6.07) is 1.91. The maximum atomic E-state index is 4.46. The third-order valence-corrected chi connectivity index (χ3v) is 2.78. The van der Waals surface area contributed by atoms with E-state index in [1.807, 2.05) is 26.1 Å². The van der Waals surface area contributed by atoms with Crippen LogP contribution in [-0.4, -0.2) is 26.3 Å². The number of rotatable bonds is 4. The number of hydrogen-bond donors (Lipinski definition) is 1. The van der Waals surface area contributed by atoms with Crippen molar-refractivity contribution in [1.82, 2.24) is 19.7 Å². The van der Waals surface area contributed by atoms with Crippen molar-refractivity contribution < 1.29 is 0 Å². The number of aromatic nitrogens is 4. The molecule has 2 heterocycles. The van der Waals surface area contributed by atoms with Crippen LogP contribution >= 0.6 is 22.6 Å². The molecule has 6 heteroatoms. The molecule has 2 rings (SSSR count). The lowest BCUT2D eigenvalue weighted by Crippen LogP contribution is -2.07. The largest absolute Gasteiger partial charge is 0.370 e. The Morgan fingerprint density at radius 3 is 2.76 bits per heavy atom. The van der Waals surface area contributed by atoms with E-state index in [4.69, 9.17) is 0 Å². The predicted octanol–water partition coefficient (Wildman–Crippen LogP) is 2.26. The van der Waals surface area contributed by atoms with Crippen LogP contribution in [0.25, 0.3) is 5.82 Å². The first-order valence-electron chi connectivity index (χ1n) is 5.55. The van der Waals surface area contributed by atoms with Gasteiger partial charge in [-0.05, 0) is 29.5 Å². The number of anilines is 1. The monoisotopic (exact) mass is 343 g/mol. The molecule has 0 radical (unpaired) electrons. The zero-order chi connectivity index (χ0) is 12.3. The smallest absolute Gasteiger partial charge is 0.159 e. The molecule has 0 amide bonds. The molecule has 0 aliphatic rings. The molecule has 0 saturated heterocycles. The molecule has 0 aliphatic carbocycles. The van der Waals surface area contributed by atoms with Gasteiger partial charge in [-0.2, -0.15) is 5.10 Å². The molecule has 0 saturated carbocycles. The Morgan fingerprint density at radius 2 is 2.18 bits per heavy atom. The molecule has 0 aliphatic heterocycles. The van der Waals surface area contributed by atoms with Crippen LogP contribution in [0.5, 0.6) is 0 Å². The lowest BCUT2D eigenvalue weighted by atomic mass is 10.4. The second-order valence-corrected chi connectivity index (χ2v) is 4.76. The predicted molar refractivity (Wildman–Crippen MR) is 75.4 cm³/mol. The molecule has 0 spiro atoms. The van der Waals surface area contributed by atoms with Crippen LogP contribution in [0.4, 0.5) is 5.82 Å². The van der Waals surface area contributed by atoms with Crippen LogP contribution in [0.15, 0.2) is 18.5 Å². The first-order chi connectivity index (χ1) is 8.22. The van der Waals surface area contributed by atoms with Crippen molar-refractivity contribution in [2.24, 2.45) is 0 Å². The van der Waals surface area contributed by atoms with Gasteiger partial charge in [0.25, 0.3) is 0 Å². The summed E-state index contributed by atoms with van der Waals surface area (Å²) in [7, 11) is 0. The van der Waals surface area contributed by atoms with Gasteiger partial charge in [0.2, 0.25) is 0 Å². The summed E-state index contributed by atoms with van der Waals surface area (Å²) in [5, 5.41) is 7.46. The number of nitrogens with one attached hydrogen (secondary N) is 1. The number of hydrogen-bond acceptors (Lipinski definition) is 4. The minimum Gasteiger partial charge on any atom is -0.370 e. The van der Waals surface area contributed by atoms with Gasteiger partial charge in [-0.25, -0.2) is 14.6 Å². The highest BCUT2D eigenvalue weighted by atomic mass is 127. The molecule has 0 bridgehead atoms. The van der Waals surface area contributed by atoms with Gasteiger partial charge in [0.1, 0.15) is 11.6 Å². The van der Waals surface area contributed by atoms with Gasteiger partial charge < -0.3 is 5.32 Å². The summed E-state index contributed by atoms with van der Waals surface area (Å²) in [6.45, 7) is 4.93.